The van der Waals surface area contributed by atoms with E-state index in [0.29, 0.717) is 12.2 Å². The van der Waals surface area contributed by atoms with Gasteiger partial charge in [0, 0.05) is 23.4 Å². The van der Waals surface area contributed by atoms with Gasteiger partial charge in [-0.15, -0.1) is 0 Å². The van der Waals surface area contributed by atoms with Crippen LogP contribution in [0.15, 0.2) is 53.3 Å². The van der Waals surface area contributed by atoms with E-state index in [1.54, 1.807) is 13.3 Å². The fraction of sp³-hybridized carbons (Fsp3) is 0.125. The van der Waals surface area contributed by atoms with Crippen LogP contribution in [0.2, 0.25) is 0 Å². The average Bonchev–Trinajstić information content (AvgIpc) is 2.96. The molecule has 0 aliphatic carbocycles. The molecular formula is C16H14BrN3O2. The molecule has 22 heavy (non-hydrogen) atoms. The molecule has 0 bridgehead atoms. The molecule has 112 valence electrons. The summed E-state index contributed by atoms with van der Waals surface area (Å²) in [4.78, 5) is 16.5. The number of amides is 1. The molecule has 1 aromatic carbocycles. The molecule has 0 saturated heterocycles. The molecule has 1 amide bonds. The molecule has 0 radical (unpaired) electrons. The first-order chi connectivity index (χ1) is 10.7. The normalized spacial score (nSPS) is 10.6. The maximum Gasteiger partial charge on any atom is 0.271 e. The lowest BCUT2D eigenvalue weighted by atomic mass is 10.2. The Morgan fingerprint density at radius 3 is 2.73 bits per heavy atom. The van der Waals surface area contributed by atoms with Crippen LogP contribution in [0.3, 0.4) is 0 Å². The number of methoxy groups -OCH3 is 1. The molecular weight excluding hydrogens is 346 g/mol. The Hall–Kier alpha value is -2.34. The van der Waals surface area contributed by atoms with Crippen molar-refractivity contribution in [3.8, 4) is 5.75 Å². The quantitative estimate of drug-likeness (QED) is 0.778. The molecule has 0 spiro atoms. The Morgan fingerprint density at radius 1 is 1.23 bits per heavy atom. The highest BCUT2D eigenvalue weighted by Gasteiger charge is 2.10. The van der Waals surface area contributed by atoms with Crippen LogP contribution in [0, 0.1) is 0 Å². The standard InChI is InChI=1S/C16H14BrN3O2/c1-22-13-5-2-11(3-6-13)8-18-16(21)14-10-20-9-12(17)4-7-15(20)19-14/h2-7,9-10H,8H2,1H3,(H,18,21). The third-order valence-electron chi connectivity index (χ3n) is 3.26. The van der Waals surface area contributed by atoms with Gasteiger partial charge in [0.25, 0.3) is 5.91 Å². The second-order valence-corrected chi connectivity index (χ2v) is 5.69. The van der Waals surface area contributed by atoms with Crippen molar-refractivity contribution in [2.45, 2.75) is 6.54 Å². The van der Waals surface area contributed by atoms with Gasteiger partial charge in [-0.3, -0.25) is 4.79 Å². The van der Waals surface area contributed by atoms with Gasteiger partial charge in [-0.25, -0.2) is 4.98 Å². The lowest BCUT2D eigenvalue weighted by Gasteiger charge is -2.04. The summed E-state index contributed by atoms with van der Waals surface area (Å²) in [6, 6.07) is 11.3. The minimum Gasteiger partial charge on any atom is -0.497 e. The Balaban J connectivity index is 1.69. The fourth-order valence-electron chi connectivity index (χ4n) is 2.09. The zero-order valence-corrected chi connectivity index (χ0v) is 13.5. The van der Waals surface area contributed by atoms with Crippen LogP contribution in [-0.4, -0.2) is 22.4 Å². The van der Waals surface area contributed by atoms with E-state index in [9.17, 15) is 4.79 Å². The summed E-state index contributed by atoms with van der Waals surface area (Å²) in [5.74, 6) is 0.594. The molecule has 0 fully saturated rings. The summed E-state index contributed by atoms with van der Waals surface area (Å²) < 4.78 is 7.85. The predicted molar refractivity (Wildman–Crippen MR) is 87.1 cm³/mol. The summed E-state index contributed by atoms with van der Waals surface area (Å²) in [5.41, 5.74) is 2.13. The highest BCUT2D eigenvalue weighted by Crippen LogP contribution is 2.13. The van der Waals surface area contributed by atoms with Gasteiger partial charge in [-0.05, 0) is 45.8 Å². The largest absolute Gasteiger partial charge is 0.497 e. The smallest absolute Gasteiger partial charge is 0.271 e. The zero-order valence-electron chi connectivity index (χ0n) is 11.9. The van der Waals surface area contributed by atoms with Gasteiger partial charge < -0.3 is 14.5 Å². The summed E-state index contributed by atoms with van der Waals surface area (Å²) in [5, 5.41) is 2.86. The fourth-order valence-corrected chi connectivity index (χ4v) is 2.44. The van der Waals surface area contributed by atoms with Crippen molar-refractivity contribution in [2.24, 2.45) is 0 Å². The number of nitrogens with zero attached hydrogens (tertiary/aromatic N) is 2. The predicted octanol–water partition coefficient (Wildman–Crippen LogP) is 3.04. The molecule has 6 heteroatoms. The number of nitrogens with one attached hydrogen (secondary N) is 1. The minimum absolute atomic E-state index is 0.198. The number of imidazole rings is 1. The number of hydrogen-bond acceptors (Lipinski definition) is 3. The van der Waals surface area contributed by atoms with Crippen molar-refractivity contribution in [2.75, 3.05) is 7.11 Å². The first-order valence-electron chi connectivity index (χ1n) is 6.71. The number of fused-ring (bicyclic) bond motifs is 1. The molecule has 2 aromatic heterocycles. The number of hydrogen-bond donors (Lipinski definition) is 1. The van der Waals surface area contributed by atoms with E-state index in [2.05, 4.69) is 26.2 Å². The maximum atomic E-state index is 12.2. The SMILES string of the molecule is COc1ccc(CNC(=O)c2cn3cc(Br)ccc3n2)cc1. The number of aromatic nitrogens is 2. The summed E-state index contributed by atoms with van der Waals surface area (Å²) in [6.07, 6.45) is 3.58. The molecule has 3 rings (SSSR count). The Labute approximate surface area is 136 Å². The lowest BCUT2D eigenvalue weighted by Crippen LogP contribution is -2.23. The topological polar surface area (TPSA) is 55.6 Å². The van der Waals surface area contributed by atoms with E-state index < -0.39 is 0 Å². The van der Waals surface area contributed by atoms with Crippen LogP contribution in [0.1, 0.15) is 16.1 Å². The van der Waals surface area contributed by atoms with Gasteiger partial charge in [-0.1, -0.05) is 12.1 Å². The van der Waals surface area contributed by atoms with Crippen molar-refractivity contribution in [3.05, 3.63) is 64.5 Å². The van der Waals surface area contributed by atoms with E-state index in [1.165, 1.54) is 0 Å². The van der Waals surface area contributed by atoms with E-state index >= 15 is 0 Å². The van der Waals surface area contributed by atoms with Crippen LogP contribution >= 0.6 is 15.9 Å². The minimum atomic E-state index is -0.198. The van der Waals surface area contributed by atoms with E-state index in [-0.39, 0.29) is 5.91 Å². The molecule has 2 heterocycles. The zero-order chi connectivity index (χ0) is 15.5. The van der Waals surface area contributed by atoms with E-state index in [0.717, 1.165) is 21.4 Å². The van der Waals surface area contributed by atoms with Crippen molar-refractivity contribution >= 4 is 27.5 Å². The van der Waals surface area contributed by atoms with E-state index in [4.69, 9.17) is 4.74 Å². The summed E-state index contributed by atoms with van der Waals surface area (Å²) in [6.45, 7) is 0.445. The van der Waals surface area contributed by atoms with Gasteiger partial charge in [0.05, 0.1) is 7.11 Å². The first kappa shape index (κ1) is 14.6. The third kappa shape index (κ3) is 3.12. The second kappa shape index (κ2) is 6.19. The van der Waals surface area contributed by atoms with Crippen LogP contribution in [0.5, 0.6) is 5.75 Å². The number of carbonyl (C=O) groups excluding carboxylic acids is 1. The molecule has 0 atom stereocenters. The number of rotatable bonds is 4. The second-order valence-electron chi connectivity index (χ2n) is 4.77. The van der Waals surface area contributed by atoms with Crippen molar-refractivity contribution in [1.82, 2.24) is 14.7 Å². The maximum absolute atomic E-state index is 12.2. The summed E-state index contributed by atoms with van der Waals surface area (Å²) >= 11 is 3.39. The monoisotopic (exact) mass is 359 g/mol. The van der Waals surface area contributed by atoms with E-state index in [1.807, 2.05) is 47.0 Å². The van der Waals surface area contributed by atoms with Crippen molar-refractivity contribution in [1.29, 1.82) is 0 Å². The molecule has 0 saturated carbocycles. The van der Waals surface area contributed by atoms with Crippen molar-refractivity contribution in [3.63, 3.8) is 0 Å². The van der Waals surface area contributed by atoms with Crippen LogP contribution in [0.4, 0.5) is 0 Å². The van der Waals surface area contributed by atoms with Gasteiger partial charge in [-0.2, -0.15) is 0 Å². The van der Waals surface area contributed by atoms with Crippen molar-refractivity contribution < 1.29 is 9.53 Å². The first-order valence-corrected chi connectivity index (χ1v) is 7.50. The highest BCUT2D eigenvalue weighted by atomic mass is 79.9. The molecule has 5 nitrogen and oxygen atoms in total. The third-order valence-corrected chi connectivity index (χ3v) is 3.73. The average molecular weight is 360 g/mol. The molecule has 0 aliphatic rings. The van der Waals surface area contributed by atoms with Gasteiger partial charge >= 0.3 is 0 Å². The molecule has 0 unspecified atom stereocenters. The Kier molecular flexibility index (Phi) is 4.11. The van der Waals surface area contributed by atoms with Gasteiger partial charge in [0.1, 0.15) is 17.1 Å². The number of pyridine rings is 1. The molecule has 0 aliphatic heterocycles. The van der Waals surface area contributed by atoms with Gasteiger partial charge in [0.15, 0.2) is 0 Å². The lowest BCUT2D eigenvalue weighted by molar-refractivity contribution is 0.0946. The molecule has 1 N–H and O–H groups in total. The number of benzene rings is 1. The molecule has 3 aromatic rings. The number of halogens is 1. The summed E-state index contributed by atoms with van der Waals surface area (Å²) in [7, 11) is 1.62. The number of carbonyl (C=O) groups is 1. The van der Waals surface area contributed by atoms with Crippen LogP contribution < -0.4 is 10.1 Å². The van der Waals surface area contributed by atoms with Gasteiger partial charge in [0.2, 0.25) is 0 Å². The highest BCUT2D eigenvalue weighted by molar-refractivity contribution is 9.10. The Bertz CT molecular complexity index is 812. The van der Waals surface area contributed by atoms with Crippen LogP contribution in [0.25, 0.3) is 5.65 Å². The van der Waals surface area contributed by atoms with Crippen LogP contribution in [-0.2, 0) is 6.54 Å². The Morgan fingerprint density at radius 2 is 2.00 bits per heavy atom. The number of ether oxygens (including phenoxy) is 1.